The van der Waals surface area contributed by atoms with E-state index in [0.29, 0.717) is 11.4 Å². The predicted molar refractivity (Wildman–Crippen MR) is 123 cm³/mol. The first-order valence-corrected chi connectivity index (χ1v) is 11.9. The molecule has 2 aromatic heterocycles. The number of hydrogen-bond donors (Lipinski definition) is 2. The second-order valence-corrected chi connectivity index (χ2v) is 9.33. The van der Waals surface area contributed by atoms with Gasteiger partial charge in [-0.25, -0.2) is 22.6 Å². The van der Waals surface area contributed by atoms with E-state index in [1.54, 1.807) is 18.3 Å². The van der Waals surface area contributed by atoms with Crippen LogP contribution in [0.1, 0.15) is 32.0 Å². The number of nitrogens with one attached hydrogen (secondary N) is 1. The highest BCUT2D eigenvalue weighted by Crippen LogP contribution is 2.19. The molecule has 0 fully saturated rings. The number of aromatic carboxylic acids is 1. The highest BCUT2D eigenvalue weighted by molar-refractivity contribution is 7.89. The number of sulfonamides is 1. The van der Waals surface area contributed by atoms with Gasteiger partial charge in [0.2, 0.25) is 5.09 Å². The van der Waals surface area contributed by atoms with Crippen molar-refractivity contribution in [3.63, 3.8) is 0 Å². The van der Waals surface area contributed by atoms with Crippen LogP contribution in [0.4, 0.5) is 0 Å². The third-order valence-electron chi connectivity index (χ3n) is 5.13. The van der Waals surface area contributed by atoms with E-state index < -0.39 is 21.9 Å². The van der Waals surface area contributed by atoms with Gasteiger partial charge in [0.05, 0.1) is 29.6 Å². The van der Waals surface area contributed by atoms with Gasteiger partial charge in [0.15, 0.2) is 0 Å². The van der Waals surface area contributed by atoms with E-state index in [1.807, 2.05) is 30.3 Å². The summed E-state index contributed by atoms with van der Waals surface area (Å²) in [5.74, 6) is -1.48. The third-order valence-corrected chi connectivity index (χ3v) is 6.41. The number of carbonyl (C=O) groups excluding carboxylic acids is 1. The van der Waals surface area contributed by atoms with Gasteiger partial charge in [-0.2, -0.15) is 0 Å². The fourth-order valence-corrected chi connectivity index (χ4v) is 3.96. The molecule has 0 bridgehead atoms. The number of furan rings is 1. The van der Waals surface area contributed by atoms with E-state index >= 15 is 0 Å². The molecule has 4 rings (SSSR count). The summed E-state index contributed by atoms with van der Waals surface area (Å²) in [6.45, 7) is 0.319. The lowest BCUT2D eigenvalue weighted by atomic mass is 10.2. The van der Waals surface area contributed by atoms with Crippen molar-refractivity contribution < 1.29 is 27.5 Å². The molecule has 2 heterocycles. The molecule has 2 N–H and O–H groups in total. The fourth-order valence-electron chi connectivity index (χ4n) is 3.31. The van der Waals surface area contributed by atoms with E-state index in [4.69, 9.17) is 9.52 Å². The normalized spacial score (nSPS) is 11.3. The molecule has 35 heavy (non-hydrogen) atoms. The summed E-state index contributed by atoms with van der Waals surface area (Å²) in [6.07, 6.45) is 2.73. The van der Waals surface area contributed by atoms with Crippen LogP contribution < -0.4 is 4.72 Å². The number of carbonyl (C=O) groups is 2. The minimum absolute atomic E-state index is 0.0754. The van der Waals surface area contributed by atoms with Crippen molar-refractivity contribution in [1.29, 1.82) is 0 Å². The minimum Gasteiger partial charge on any atom is -0.478 e. The van der Waals surface area contributed by atoms with Crippen molar-refractivity contribution in [3.8, 4) is 5.69 Å². The van der Waals surface area contributed by atoms with Crippen LogP contribution in [0, 0.1) is 0 Å². The maximum Gasteiger partial charge on any atom is 0.335 e. The number of benzene rings is 2. The van der Waals surface area contributed by atoms with Gasteiger partial charge in [-0.05, 0) is 36.9 Å². The van der Waals surface area contributed by atoms with E-state index in [0.717, 1.165) is 11.8 Å². The van der Waals surface area contributed by atoms with Crippen molar-refractivity contribution in [2.75, 3.05) is 7.05 Å². The Kier molecular flexibility index (Phi) is 6.75. The number of carboxylic acid groups (broad SMARTS) is 1. The Bertz CT molecular complexity index is 1450. The zero-order valence-corrected chi connectivity index (χ0v) is 19.3. The van der Waals surface area contributed by atoms with E-state index in [-0.39, 0.29) is 29.3 Å². The van der Waals surface area contributed by atoms with Crippen LogP contribution in [0.5, 0.6) is 0 Å². The molecule has 0 saturated heterocycles. The lowest BCUT2D eigenvalue weighted by molar-refractivity contribution is 0.0694. The van der Waals surface area contributed by atoms with Gasteiger partial charge in [0, 0.05) is 12.6 Å². The van der Waals surface area contributed by atoms with Crippen LogP contribution in [-0.4, -0.2) is 52.3 Å². The van der Waals surface area contributed by atoms with Crippen LogP contribution >= 0.6 is 0 Å². The second-order valence-electron chi connectivity index (χ2n) is 7.52. The van der Waals surface area contributed by atoms with Crippen LogP contribution in [0.3, 0.4) is 0 Å². The van der Waals surface area contributed by atoms with Gasteiger partial charge in [0.25, 0.3) is 15.9 Å². The third kappa shape index (κ3) is 5.45. The van der Waals surface area contributed by atoms with Gasteiger partial charge >= 0.3 is 5.97 Å². The first-order chi connectivity index (χ1) is 16.8. The van der Waals surface area contributed by atoms with E-state index in [2.05, 4.69) is 15.0 Å². The summed E-state index contributed by atoms with van der Waals surface area (Å²) in [6, 6.07) is 16.6. The Morgan fingerprint density at radius 2 is 1.77 bits per heavy atom. The largest absolute Gasteiger partial charge is 0.478 e. The molecule has 0 atom stereocenters. The molecule has 12 heteroatoms. The predicted octanol–water partition coefficient (Wildman–Crippen LogP) is 2.31. The minimum atomic E-state index is -3.84. The molecule has 0 aliphatic rings. The Labute approximate surface area is 200 Å². The highest BCUT2D eigenvalue weighted by atomic mass is 32.2. The lowest BCUT2D eigenvalue weighted by Gasteiger charge is -2.21. The zero-order valence-electron chi connectivity index (χ0n) is 18.5. The van der Waals surface area contributed by atoms with Crippen molar-refractivity contribution in [1.82, 2.24) is 24.6 Å². The summed E-state index contributed by atoms with van der Waals surface area (Å²) in [7, 11) is -2.59. The summed E-state index contributed by atoms with van der Waals surface area (Å²) < 4.78 is 32.7. The molecule has 4 aromatic rings. The summed E-state index contributed by atoms with van der Waals surface area (Å²) in [5.41, 5.74) is 2.17. The van der Waals surface area contributed by atoms with Gasteiger partial charge < -0.3 is 14.4 Å². The maximum atomic E-state index is 13.3. The van der Waals surface area contributed by atoms with Crippen molar-refractivity contribution in [2.24, 2.45) is 0 Å². The molecular weight excluding hydrogens is 474 g/mol. The summed E-state index contributed by atoms with van der Waals surface area (Å²) in [5, 5.41) is 16.9. The zero-order chi connectivity index (χ0) is 25.0. The van der Waals surface area contributed by atoms with E-state index in [9.17, 15) is 18.0 Å². The van der Waals surface area contributed by atoms with Crippen molar-refractivity contribution in [2.45, 2.75) is 18.2 Å². The second kappa shape index (κ2) is 9.91. The number of nitrogens with zero attached hydrogens (tertiary/aromatic N) is 4. The van der Waals surface area contributed by atoms with E-state index in [1.165, 1.54) is 34.8 Å². The quantitative estimate of drug-likeness (QED) is 0.359. The first kappa shape index (κ1) is 23.9. The lowest BCUT2D eigenvalue weighted by Crippen LogP contribution is -2.30. The van der Waals surface area contributed by atoms with Crippen LogP contribution in [-0.2, 0) is 23.1 Å². The Hall–Kier alpha value is -4.29. The monoisotopic (exact) mass is 495 g/mol. The molecule has 2 aromatic carbocycles. The molecule has 0 aliphatic heterocycles. The summed E-state index contributed by atoms with van der Waals surface area (Å²) in [4.78, 5) is 25.9. The average molecular weight is 496 g/mol. The highest BCUT2D eigenvalue weighted by Gasteiger charge is 2.24. The number of amides is 1. The fraction of sp³-hybridized carbons (Fsp3) is 0.130. The molecule has 180 valence electrons. The molecule has 0 radical (unpaired) electrons. The smallest absolute Gasteiger partial charge is 0.335 e. The van der Waals surface area contributed by atoms with Gasteiger partial charge in [-0.15, -0.1) is 5.10 Å². The molecule has 0 aliphatic carbocycles. The van der Waals surface area contributed by atoms with Crippen molar-refractivity contribution in [3.05, 3.63) is 95.5 Å². The Balaban J connectivity index is 1.59. The van der Waals surface area contributed by atoms with Gasteiger partial charge in [-0.1, -0.05) is 35.5 Å². The number of carboxylic acids is 1. The van der Waals surface area contributed by atoms with Crippen LogP contribution in [0.15, 0.2) is 82.6 Å². The van der Waals surface area contributed by atoms with Crippen LogP contribution in [0.25, 0.3) is 5.69 Å². The molecule has 11 nitrogen and oxygen atoms in total. The van der Waals surface area contributed by atoms with Gasteiger partial charge in [0.1, 0.15) is 12.0 Å². The Morgan fingerprint density at radius 3 is 2.43 bits per heavy atom. The van der Waals surface area contributed by atoms with Crippen LogP contribution in [0.2, 0.25) is 0 Å². The first-order valence-electron chi connectivity index (χ1n) is 10.4. The molecule has 0 unspecified atom stereocenters. The number of aromatic nitrogens is 3. The molecule has 0 spiro atoms. The average Bonchev–Trinajstić information content (AvgIpc) is 3.55. The van der Waals surface area contributed by atoms with Crippen molar-refractivity contribution >= 4 is 21.9 Å². The molecule has 1 amide bonds. The topological polar surface area (TPSA) is 148 Å². The maximum absolute atomic E-state index is 13.3. The number of hydrogen-bond acceptors (Lipinski definition) is 7. The summed E-state index contributed by atoms with van der Waals surface area (Å²) >= 11 is 0. The van der Waals surface area contributed by atoms with Gasteiger partial charge in [-0.3, -0.25) is 4.79 Å². The molecular formula is C23H21N5O6S. The molecule has 0 saturated carbocycles. The SMILES string of the molecule is CNS(=O)(=O)c1cc(C(=O)N(Cc2ccccc2)Cc2cn(-c3ccc(C(=O)O)cc3)nn2)co1. The number of rotatable bonds is 9. The Morgan fingerprint density at radius 1 is 1.06 bits per heavy atom. The standard InChI is InChI=1S/C23H21N5O6S/c1-24-35(32,33)21-11-18(15-34-21)22(29)27(12-16-5-3-2-4-6-16)13-19-14-28(26-25-19)20-9-7-17(8-10-20)23(30)31/h2-11,14-15,24H,12-13H2,1H3,(H,30,31).